The number of hydrogen-bond acceptors (Lipinski definition) is 3. The van der Waals surface area contributed by atoms with Gasteiger partial charge in [-0.2, -0.15) is 0 Å². The molecule has 146 valence electrons. The number of methoxy groups -OCH3 is 2. The Labute approximate surface area is 164 Å². The third-order valence-corrected chi connectivity index (χ3v) is 5.27. The second kappa shape index (κ2) is 12.0. The molecular formula is C21H34N2O2S. The maximum absolute atomic E-state index is 5.56. The Bertz CT molecular complexity index is 517. The second-order valence-electron chi connectivity index (χ2n) is 7.16. The smallest absolute Gasteiger partial charge is 0.170 e. The third-order valence-electron chi connectivity index (χ3n) is 5.05. The van der Waals surface area contributed by atoms with E-state index in [4.69, 9.17) is 21.7 Å². The number of hydrogen-bond donors (Lipinski definition) is 2. The molecule has 1 aliphatic rings. The van der Waals surface area contributed by atoms with Gasteiger partial charge in [0.2, 0.25) is 0 Å². The lowest BCUT2D eigenvalue weighted by atomic mass is 9.98. The van der Waals surface area contributed by atoms with Crippen molar-refractivity contribution >= 4 is 23.0 Å². The van der Waals surface area contributed by atoms with E-state index in [1.165, 1.54) is 70.6 Å². The first-order chi connectivity index (χ1) is 12.7. The van der Waals surface area contributed by atoms with Gasteiger partial charge in [0.25, 0.3) is 0 Å². The zero-order valence-corrected chi connectivity index (χ0v) is 17.1. The molecule has 0 spiro atoms. The molecule has 0 aromatic heterocycles. The van der Waals surface area contributed by atoms with Crippen LogP contribution in [0.25, 0.3) is 0 Å². The van der Waals surface area contributed by atoms with Crippen LogP contribution in [-0.4, -0.2) is 25.4 Å². The maximum atomic E-state index is 5.56. The molecule has 2 rings (SSSR count). The van der Waals surface area contributed by atoms with Crippen LogP contribution in [0, 0.1) is 0 Å². The molecule has 0 saturated heterocycles. The molecule has 0 radical (unpaired) electrons. The highest BCUT2D eigenvalue weighted by atomic mass is 32.1. The van der Waals surface area contributed by atoms with Crippen molar-refractivity contribution in [3.63, 3.8) is 0 Å². The summed E-state index contributed by atoms with van der Waals surface area (Å²) in [6.45, 7) is 0. The molecule has 2 N–H and O–H groups in total. The number of anilines is 1. The fourth-order valence-corrected chi connectivity index (χ4v) is 3.82. The summed E-state index contributed by atoms with van der Waals surface area (Å²) in [4.78, 5) is 0. The van der Waals surface area contributed by atoms with Gasteiger partial charge in [0.05, 0.1) is 14.2 Å². The number of ether oxygens (including phenoxy) is 2. The van der Waals surface area contributed by atoms with Crippen LogP contribution < -0.4 is 20.1 Å². The molecule has 0 amide bonds. The van der Waals surface area contributed by atoms with Gasteiger partial charge in [-0.1, -0.05) is 57.8 Å². The van der Waals surface area contributed by atoms with Crippen molar-refractivity contribution in [2.24, 2.45) is 0 Å². The van der Waals surface area contributed by atoms with Gasteiger partial charge in [-0.05, 0) is 25.1 Å². The van der Waals surface area contributed by atoms with Crippen LogP contribution >= 0.6 is 12.2 Å². The summed E-state index contributed by atoms with van der Waals surface area (Å²) in [5.41, 5.74) is 0.881. The summed E-state index contributed by atoms with van der Waals surface area (Å²) in [7, 11) is 3.31. The Morgan fingerprint density at radius 2 is 1.27 bits per heavy atom. The monoisotopic (exact) mass is 378 g/mol. The lowest BCUT2D eigenvalue weighted by Crippen LogP contribution is -2.37. The fraction of sp³-hybridized carbons (Fsp3) is 0.667. The molecule has 0 bridgehead atoms. The van der Waals surface area contributed by atoms with Gasteiger partial charge < -0.3 is 20.1 Å². The van der Waals surface area contributed by atoms with Gasteiger partial charge in [0.1, 0.15) is 11.5 Å². The topological polar surface area (TPSA) is 42.5 Å². The van der Waals surface area contributed by atoms with Crippen molar-refractivity contribution in [3.8, 4) is 11.5 Å². The Morgan fingerprint density at radius 1 is 0.808 bits per heavy atom. The van der Waals surface area contributed by atoms with Crippen LogP contribution in [0.2, 0.25) is 0 Å². The second-order valence-corrected chi connectivity index (χ2v) is 7.56. The molecule has 0 aliphatic heterocycles. The van der Waals surface area contributed by atoms with Crippen molar-refractivity contribution in [2.45, 2.75) is 76.7 Å². The third kappa shape index (κ3) is 7.81. The number of nitrogens with one attached hydrogen (secondary N) is 2. The summed E-state index contributed by atoms with van der Waals surface area (Å²) in [5, 5.41) is 7.50. The van der Waals surface area contributed by atoms with Crippen molar-refractivity contribution in [1.82, 2.24) is 5.32 Å². The molecule has 5 heteroatoms. The van der Waals surface area contributed by atoms with Gasteiger partial charge >= 0.3 is 0 Å². The number of benzene rings is 1. The van der Waals surface area contributed by atoms with E-state index in [0.29, 0.717) is 11.2 Å². The van der Waals surface area contributed by atoms with E-state index in [9.17, 15) is 0 Å². The first-order valence-corrected chi connectivity index (χ1v) is 10.4. The van der Waals surface area contributed by atoms with Crippen LogP contribution in [0.4, 0.5) is 5.69 Å². The summed E-state index contributed by atoms with van der Waals surface area (Å²) in [6, 6.07) is 6.17. The van der Waals surface area contributed by atoms with Gasteiger partial charge in [0, 0.05) is 29.9 Å². The predicted octanol–water partition coefficient (Wildman–Crippen LogP) is 5.66. The Kier molecular flexibility index (Phi) is 9.61. The Balaban J connectivity index is 1.89. The van der Waals surface area contributed by atoms with Crippen LogP contribution in [0.5, 0.6) is 11.5 Å². The molecular weight excluding hydrogens is 344 g/mol. The molecule has 1 aromatic carbocycles. The number of thiocarbonyl (C=S) groups is 1. The fourth-order valence-electron chi connectivity index (χ4n) is 3.54. The van der Waals surface area contributed by atoms with Gasteiger partial charge in [-0.3, -0.25) is 0 Å². The van der Waals surface area contributed by atoms with Gasteiger partial charge in [-0.15, -0.1) is 0 Å². The predicted molar refractivity (Wildman–Crippen MR) is 113 cm³/mol. The molecule has 1 saturated carbocycles. The zero-order valence-electron chi connectivity index (χ0n) is 16.3. The first kappa shape index (κ1) is 20.8. The normalized spacial score (nSPS) is 17.5. The maximum Gasteiger partial charge on any atom is 0.170 e. The highest BCUT2D eigenvalue weighted by Crippen LogP contribution is 2.26. The lowest BCUT2D eigenvalue weighted by Gasteiger charge is -2.22. The average Bonchev–Trinajstić information content (AvgIpc) is 2.63. The van der Waals surface area contributed by atoms with E-state index in [1.54, 1.807) is 14.2 Å². The largest absolute Gasteiger partial charge is 0.497 e. The van der Waals surface area contributed by atoms with E-state index in [2.05, 4.69) is 10.6 Å². The standard InChI is InChI=1S/C21H34N2O2S/c1-24-19-14-18(15-20(16-19)25-2)23-21(26)22-17-12-10-8-6-4-3-5-7-9-11-13-17/h14-17H,3-13H2,1-2H3,(H2,22,23,26). The van der Waals surface area contributed by atoms with Crippen LogP contribution in [-0.2, 0) is 0 Å². The highest BCUT2D eigenvalue weighted by molar-refractivity contribution is 7.80. The molecule has 1 fully saturated rings. The quantitative estimate of drug-likeness (QED) is 0.661. The molecule has 0 atom stereocenters. The minimum absolute atomic E-state index is 0.460. The van der Waals surface area contributed by atoms with E-state index in [-0.39, 0.29) is 0 Å². The minimum Gasteiger partial charge on any atom is -0.497 e. The zero-order chi connectivity index (χ0) is 18.6. The Morgan fingerprint density at radius 3 is 1.73 bits per heavy atom. The van der Waals surface area contributed by atoms with E-state index >= 15 is 0 Å². The number of rotatable bonds is 4. The Hall–Kier alpha value is -1.49. The SMILES string of the molecule is COc1cc(NC(=S)NC2CCCCCCCCCCC2)cc(OC)c1. The van der Waals surface area contributed by atoms with Crippen molar-refractivity contribution in [3.05, 3.63) is 18.2 Å². The summed E-state index contributed by atoms with van der Waals surface area (Å²) in [6.07, 6.45) is 14.6. The molecule has 0 unspecified atom stereocenters. The van der Waals surface area contributed by atoms with Gasteiger partial charge in [0.15, 0.2) is 5.11 Å². The molecule has 0 heterocycles. The van der Waals surface area contributed by atoms with E-state index in [1.807, 2.05) is 18.2 Å². The van der Waals surface area contributed by atoms with Gasteiger partial charge in [-0.25, -0.2) is 0 Å². The van der Waals surface area contributed by atoms with E-state index in [0.717, 1.165) is 17.2 Å². The summed E-state index contributed by atoms with van der Waals surface area (Å²) in [5.74, 6) is 1.50. The van der Waals surface area contributed by atoms with Crippen LogP contribution in [0.15, 0.2) is 18.2 Å². The molecule has 26 heavy (non-hydrogen) atoms. The molecule has 1 aromatic rings. The van der Waals surface area contributed by atoms with Crippen LogP contribution in [0.3, 0.4) is 0 Å². The average molecular weight is 379 g/mol. The summed E-state index contributed by atoms with van der Waals surface area (Å²) >= 11 is 5.56. The van der Waals surface area contributed by atoms with Crippen molar-refractivity contribution < 1.29 is 9.47 Å². The minimum atomic E-state index is 0.460. The molecule has 1 aliphatic carbocycles. The van der Waals surface area contributed by atoms with Crippen molar-refractivity contribution in [1.29, 1.82) is 0 Å². The highest BCUT2D eigenvalue weighted by Gasteiger charge is 2.11. The lowest BCUT2D eigenvalue weighted by molar-refractivity contribution is 0.395. The first-order valence-electron chi connectivity index (χ1n) is 10.0. The van der Waals surface area contributed by atoms with Crippen LogP contribution in [0.1, 0.15) is 70.6 Å². The molecule has 4 nitrogen and oxygen atoms in total. The summed E-state index contributed by atoms with van der Waals surface area (Å²) < 4.78 is 10.6. The van der Waals surface area contributed by atoms with E-state index < -0.39 is 0 Å². The van der Waals surface area contributed by atoms with Crippen molar-refractivity contribution in [2.75, 3.05) is 19.5 Å².